The van der Waals surface area contributed by atoms with Crippen molar-refractivity contribution >= 4 is 39.9 Å². The Morgan fingerprint density at radius 2 is 2.09 bits per heavy atom. The summed E-state index contributed by atoms with van der Waals surface area (Å²) in [6.45, 7) is 0. The summed E-state index contributed by atoms with van der Waals surface area (Å²) in [4.78, 5) is 7.17. The third-order valence-electron chi connectivity index (χ3n) is 3.28. The zero-order valence-electron chi connectivity index (χ0n) is 11.1. The van der Waals surface area contributed by atoms with Crippen molar-refractivity contribution in [1.82, 2.24) is 9.97 Å². The SMILES string of the molecule is O/N=C(\Cc1ccc(F)c(Cl)c1)c1cc(Cl)cc2[nH]cnc12. The fraction of sp³-hybridized carbons (Fsp3) is 0.0667. The predicted molar refractivity (Wildman–Crippen MR) is 84.5 cm³/mol. The normalized spacial score (nSPS) is 12.0. The molecule has 22 heavy (non-hydrogen) atoms. The Labute approximate surface area is 135 Å². The molecule has 4 nitrogen and oxygen atoms in total. The number of aromatic nitrogens is 2. The standard InChI is InChI=1S/C15H10Cl2FN3O/c16-9-5-10(15-14(6-9)19-7-20-15)13(21-22)4-8-1-2-12(18)11(17)3-8/h1-3,5-7,22H,4H2,(H,19,20)/b21-13+. The summed E-state index contributed by atoms with van der Waals surface area (Å²) in [5.74, 6) is -0.495. The zero-order chi connectivity index (χ0) is 15.7. The van der Waals surface area contributed by atoms with Crippen molar-refractivity contribution < 1.29 is 9.60 Å². The van der Waals surface area contributed by atoms with Crippen molar-refractivity contribution in [2.75, 3.05) is 0 Å². The van der Waals surface area contributed by atoms with Gasteiger partial charge < -0.3 is 10.2 Å². The van der Waals surface area contributed by atoms with Gasteiger partial charge in [-0.3, -0.25) is 0 Å². The quantitative estimate of drug-likeness (QED) is 0.422. The molecule has 0 unspecified atom stereocenters. The van der Waals surface area contributed by atoms with Crippen LogP contribution in [0.1, 0.15) is 11.1 Å². The first-order valence-electron chi connectivity index (χ1n) is 6.36. The number of H-pyrrole nitrogens is 1. The molecular formula is C15H10Cl2FN3O. The van der Waals surface area contributed by atoms with Crippen LogP contribution < -0.4 is 0 Å². The van der Waals surface area contributed by atoms with Crippen molar-refractivity contribution in [2.45, 2.75) is 6.42 Å². The summed E-state index contributed by atoms with van der Waals surface area (Å²) < 4.78 is 13.2. The molecule has 0 spiro atoms. The Morgan fingerprint density at radius 1 is 1.27 bits per heavy atom. The molecule has 2 aromatic carbocycles. The lowest BCUT2D eigenvalue weighted by Crippen LogP contribution is -2.07. The van der Waals surface area contributed by atoms with E-state index in [-0.39, 0.29) is 11.4 Å². The molecule has 0 amide bonds. The first-order valence-corrected chi connectivity index (χ1v) is 7.12. The molecule has 0 bridgehead atoms. The zero-order valence-corrected chi connectivity index (χ0v) is 12.7. The van der Waals surface area contributed by atoms with E-state index >= 15 is 0 Å². The number of benzene rings is 2. The third-order valence-corrected chi connectivity index (χ3v) is 3.78. The molecule has 0 saturated heterocycles. The number of halogens is 3. The second-order valence-electron chi connectivity index (χ2n) is 4.72. The van der Waals surface area contributed by atoms with E-state index in [4.69, 9.17) is 23.2 Å². The number of hydrogen-bond donors (Lipinski definition) is 2. The molecular weight excluding hydrogens is 328 g/mol. The topological polar surface area (TPSA) is 61.3 Å². The molecule has 1 aromatic heterocycles. The molecule has 3 aromatic rings. The van der Waals surface area contributed by atoms with Crippen molar-refractivity contribution in [1.29, 1.82) is 0 Å². The van der Waals surface area contributed by atoms with Gasteiger partial charge in [-0.1, -0.05) is 34.4 Å². The second kappa shape index (κ2) is 5.94. The maximum absolute atomic E-state index is 13.2. The molecule has 0 aliphatic carbocycles. The lowest BCUT2D eigenvalue weighted by atomic mass is 10.0. The van der Waals surface area contributed by atoms with Gasteiger partial charge in [0.1, 0.15) is 5.82 Å². The fourth-order valence-corrected chi connectivity index (χ4v) is 2.68. The van der Waals surface area contributed by atoms with Crippen LogP contribution in [0.15, 0.2) is 41.8 Å². The Morgan fingerprint density at radius 3 is 2.82 bits per heavy atom. The summed E-state index contributed by atoms with van der Waals surface area (Å²) in [7, 11) is 0. The summed E-state index contributed by atoms with van der Waals surface area (Å²) in [5.41, 5.74) is 3.06. The van der Waals surface area contributed by atoms with Gasteiger partial charge in [-0.25, -0.2) is 9.37 Å². The molecule has 112 valence electrons. The molecule has 0 fully saturated rings. The van der Waals surface area contributed by atoms with E-state index in [1.54, 1.807) is 18.2 Å². The Bertz CT molecular complexity index is 876. The van der Waals surface area contributed by atoms with Gasteiger partial charge in [0.25, 0.3) is 0 Å². The second-order valence-corrected chi connectivity index (χ2v) is 5.57. The number of oxime groups is 1. The molecule has 0 aliphatic heterocycles. The van der Waals surface area contributed by atoms with E-state index in [1.807, 2.05) is 0 Å². The number of rotatable bonds is 3. The molecule has 1 heterocycles. The number of hydrogen-bond acceptors (Lipinski definition) is 3. The number of nitrogens with zero attached hydrogens (tertiary/aromatic N) is 2. The molecule has 3 rings (SSSR count). The minimum absolute atomic E-state index is 0.0193. The number of aromatic amines is 1. The molecule has 0 saturated carbocycles. The number of imidazole rings is 1. The van der Waals surface area contributed by atoms with Crippen molar-refractivity contribution in [3.63, 3.8) is 0 Å². The van der Waals surface area contributed by atoms with Crippen LogP contribution in [0.2, 0.25) is 10.0 Å². The molecule has 7 heteroatoms. The molecule has 0 atom stereocenters. The summed E-state index contributed by atoms with van der Waals surface area (Å²) in [5, 5.41) is 13.2. The van der Waals surface area contributed by atoms with Crippen LogP contribution in [-0.2, 0) is 6.42 Å². The maximum atomic E-state index is 13.2. The van der Waals surface area contributed by atoms with Crippen LogP contribution in [0, 0.1) is 5.82 Å². The van der Waals surface area contributed by atoms with Crippen molar-refractivity contribution in [3.05, 3.63) is 63.6 Å². The van der Waals surface area contributed by atoms with Gasteiger partial charge in [-0.2, -0.15) is 0 Å². The average Bonchev–Trinajstić information content (AvgIpc) is 2.95. The highest BCUT2D eigenvalue weighted by molar-refractivity contribution is 6.32. The van der Waals surface area contributed by atoms with Crippen LogP contribution in [0.25, 0.3) is 11.0 Å². The first-order chi connectivity index (χ1) is 10.6. The Balaban J connectivity index is 2.03. The smallest absolute Gasteiger partial charge is 0.141 e. The third kappa shape index (κ3) is 2.77. The highest BCUT2D eigenvalue weighted by Gasteiger charge is 2.14. The van der Waals surface area contributed by atoms with Crippen molar-refractivity contribution in [2.24, 2.45) is 5.16 Å². The van der Waals surface area contributed by atoms with Crippen molar-refractivity contribution in [3.8, 4) is 0 Å². The van der Waals surface area contributed by atoms with Crippen LogP contribution in [0.3, 0.4) is 0 Å². The minimum Gasteiger partial charge on any atom is -0.411 e. The fourth-order valence-electron chi connectivity index (χ4n) is 2.26. The van der Waals surface area contributed by atoms with E-state index in [0.717, 1.165) is 5.52 Å². The van der Waals surface area contributed by atoms with Gasteiger partial charge in [-0.15, -0.1) is 0 Å². The highest BCUT2D eigenvalue weighted by Crippen LogP contribution is 2.24. The van der Waals surface area contributed by atoms with Gasteiger partial charge in [0.05, 0.1) is 28.1 Å². The van der Waals surface area contributed by atoms with E-state index in [0.29, 0.717) is 27.4 Å². The summed E-state index contributed by atoms with van der Waals surface area (Å²) in [6.07, 6.45) is 1.80. The monoisotopic (exact) mass is 337 g/mol. The summed E-state index contributed by atoms with van der Waals surface area (Å²) >= 11 is 11.8. The van der Waals surface area contributed by atoms with Gasteiger partial charge in [0.15, 0.2) is 0 Å². The molecule has 2 N–H and O–H groups in total. The lowest BCUT2D eigenvalue weighted by Gasteiger charge is -2.07. The van der Waals surface area contributed by atoms with Crippen LogP contribution in [0.4, 0.5) is 4.39 Å². The average molecular weight is 338 g/mol. The van der Waals surface area contributed by atoms with Crippen LogP contribution >= 0.6 is 23.2 Å². The van der Waals surface area contributed by atoms with Gasteiger partial charge in [0.2, 0.25) is 0 Å². The van der Waals surface area contributed by atoms with E-state index in [9.17, 15) is 9.60 Å². The largest absolute Gasteiger partial charge is 0.411 e. The number of nitrogens with one attached hydrogen (secondary N) is 1. The lowest BCUT2D eigenvalue weighted by molar-refractivity contribution is 0.318. The van der Waals surface area contributed by atoms with E-state index in [1.165, 1.54) is 18.5 Å². The minimum atomic E-state index is -0.495. The maximum Gasteiger partial charge on any atom is 0.141 e. The summed E-state index contributed by atoms with van der Waals surface area (Å²) in [6, 6.07) is 7.75. The predicted octanol–water partition coefficient (Wildman–Crippen LogP) is 4.43. The van der Waals surface area contributed by atoms with Gasteiger partial charge in [0, 0.05) is 17.0 Å². The van der Waals surface area contributed by atoms with E-state index in [2.05, 4.69) is 15.1 Å². The Hall–Kier alpha value is -2.11. The van der Waals surface area contributed by atoms with E-state index < -0.39 is 5.82 Å². The van der Waals surface area contributed by atoms with Crippen LogP contribution in [-0.4, -0.2) is 20.9 Å². The first kappa shape index (κ1) is 14.8. The highest BCUT2D eigenvalue weighted by atomic mass is 35.5. The van der Waals surface area contributed by atoms with Gasteiger partial charge >= 0.3 is 0 Å². The van der Waals surface area contributed by atoms with Crippen LogP contribution in [0.5, 0.6) is 0 Å². The molecule has 0 aliphatic rings. The van der Waals surface area contributed by atoms with Gasteiger partial charge in [-0.05, 0) is 29.8 Å². The number of fused-ring (bicyclic) bond motifs is 1. The Kier molecular flexibility index (Phi) is 4.00. The molecule has 0 radical (unpaired) electrons.